The summed E-state index contributed by atoms with van der Waals surface area (Å²) in [5, 5.41) is 13.7. The van der Waals surface area contributed by atoms with E-state index in [1.165, 1.54) is 48.2 Å². The number of hydrogen-bond donors (Lipinski definition) is 1. The van der Waals surface area contributed by atoms with Crippen LogP contribution in [0.4, 0.5) is 17.6 Å². The molecule has 2 aromatic carbocycles. The Bertz CT molecular complexity index is 1530. The second kappa shape index (κ2) is 11.3. The number of rotatable bonds is 10. The molecule has 1 atom stereocenters. The van der Waals surface area contributed by atoms with Crippen LogP contribution < -0.4 is 19.9 Å². The average molecular weight is 557 g/mol. The third kappa shape index (κ3) is 4.98. The fourth-order valence-corrected chi connectivity index (χ4v) is 3.92. The van der Waals surface area contributed by atoms with Crippen LogP contribution >= 0.6 is 11.6 Å². The van der Waals surface area contributed by atoms with Gasteiger partial charge in [-0.1, -0.05) is 11.6 Å². The van der Waals surface area contributed by atoms with Gasteiger partial charge in [0, 0.05) is 18.8 Å². The zero-order valence-corrected chi connectivity index (χ0v) is 20.8. The number of aliphatic hydroxyl groups is 1. The summed E-state index contributed by atoms with van der Waals surface area (Å²) >= 11 is 6.12. The highest BCUT2D eigenvalue weighted by molar-refractivity contribution is 6.32. The van der Waals surface area contributed by atoms with Crippen LogP contribution in [0.1, 0.15) is 12.7 Å². The predicted octanol–water partition coefficient (Wildman–Crippen LogP) is 4.67. The first kappa shape index (κ1) is 27.2. The van der Waals surface area contributed by atoms with E-state index < -0.39 is 43.1 Å². The van der Waals surface area contributed by atoms with Gasteiger partial charge in [-0.3, -0.25) is 4.57 Å². The Morgan fingerprint density at radius 2 is 1.95 bits per heavy atom. The van der Waals surface area contributed by atoms with Crippen LogP contribution in [0, 0.1) is 5.82 Å². The monoisotopic (exact) mass is 556 g/mol. The Morgan fingerprint density at radius 3 is 2.55 bits per heavy atom. The first-order chi connectivity index (χ1) is 18.2. The van der Waals surface area contributed by atoms with Crippen molar-refractivity contribution in [1.29, 1.82) is 0 Å². The molecule has 0 bridgehead atoms. The van der Waals surface area contributed by atoms with Crippen LogP contribution in [0.5, 0.6) is 23.1 Å². The van der Waals surface area contributed by atoms with Crippen molar-refractivity contribution in [2.24, 2.45) is 0 Å². The largest absolute Gasteiger partial charge is 0.494 e. The molecule has 9 nitrogen and oxygen atoms in total. The minimum Gasteiger partial charge on any atom is -0.494 e. The lowest BCUT2D eigenvalue weighted by molar-refractivity contribution is -0.000432. The molecule has 4 aromatic rings. The summed E-state index contributed by atoms with van der Waals surface area (Å²) in [7, 11) is 1.24. The Kier molecular flexibility index (Phi) is 8.07. The molecule has 0 saturated heterocycles. The number of methoxy groups -OCH3 is 1. The maximum absolute atomic E-state index is 14.9. The first-order valence-corrected chi connectivity index (χ1v) is 11.5. The van der Waals surface area contributed by atoms with Gasteiger partial charge in [-0.25, -0.2) is 22.9 Å². The molecule has 1 unspecified atom stereocenters. The molecule has 0 aliphatic rings. The molecule has 0 fully saturated rings. The van der Waals surface area contributed by atoms with E-state index in [0.29, 0.717) is 0 Å². The van der Waals surface area contributed by atoms with Crippen molar-refractivity contribution in [2.75, 3.05) is 13.8 Å². The smallest absolute Gasteiger partial charge is 0.350 e. The van der Waals surface area contributed by atoms with Crippen molar-refractivity contribution < 1.29 is 36.9 Å². The predicted molar refractivity (Wildman–Crippen MR) is 129 cm³/mol. The van der Waals surface area contributed by atoms with Gasteiger partial charge in [0.25, 0.3) is 6.43 Å². The molecular formula is C24H21ClF4N4O5. The lowest BCUT2D eigenvalue weighted by atomic mass is 10.1. The third-order valence-corrected chi connectivity index (χ3v) is 5.86. The molecular weight excluding hydrogens is 536 g/mol. The SMILES string of the molecule is CCn1c(CO)nn(-c2cc(OC(CF)C(F)F)c3c(Oc4c(Cl)ccc(OC)c4F)nccc3c2)c1=O. The molecule has 14 heteroatoms. The molecule has 0 amide bonds. The molecule has 4 rings (SSSR count). The molecule has 0 radical (unpaired) electrons. The van der Waals surface area contributed by atoms with Gasteiger partial charge >= 0.3 is 5.69 Å². The molecule has 0 spiro atoms. The lowest BCUT2D eigenvalue weighted by Gasteiger charge is -2.19. The minimum absolute atomic E-state index is 0.0287. The average Bonchev–Trinajstić information content (AvgIpc) is 3.24. The van der Waals surface area contributed by atoms with Crippen molar-refractivity contribution in [3.05, 3.63) is 63.7 Å². The summed E-state index contributed by atoms with van der Waals surface area (Å²) in [5.41, 5.74) is -0.553. The molecule has 2 heterocycles. The fourth-order valence-electron chi connectivity index (χ4n) is 3.74. The number of halogens is 5. The molecule has 38 heavy (non-hydrogen) atoms. The van der Waals surface area contributed by atoms with Gasteiger partial charge in [0.05, 0.1) is 23.2 Å². The van der Waals surface area contributed by atoms with Gasteiger partial charge in [0.1, 0.15) is 19.0 Å². The number of aliphatic hydroxyl groups excluding tert-OH is 1. The van der Waals surface area contributed by atoms with Crippen LogP contribution in [0.3, 0.4) is 0 Å². The lowest BCUT2D eigenvalue weighted by Crippen LogP contribution is -2.28. The number of aromatic nitrogens is 4. The number of hydrogen-bond acceptors (Lipinski definition) is 7. The minimum atomic E-state index is -3.20. The van der Waals surface area contributed by atoms with E-state index in [9.17, 15) is 27.5 Å². The summed E-state index contributed by atoms with van der Waals surface area (Å²) in [5.74, 6) is -2.15. The van der Waals surface area contributed by atoms with E-state index in [4.69, 9.17) is 25.8 Å². The van der Waals surface area contributed by atoms with Gasteiger partial charge in [-0.2, -0.15) is 9.07 Å². The second-order valence-electron chi connectivity index (χ2n) is 7.81. The maximum Gasteiger partial charge on any atom is 0.350 e. The molecule has 0 saturated carbocycles. The Hall–Kier alpha value is -3.84. The normalized spacial score (nSPS) is 12.2. The molecule has 0 aliphatic carbocycles. The maximum atomic E-state index is 14.9. The van der Waals surface area contributed by atoms with Gasteiger partial charge in [-0.05, 0) is 36.6 Å². The summed E-state index contributed by atoms with van der Waals surface area (Å²) in [6, 6.07) is 6.67. The number of nitrogens with zero attached hydrogens (tertiary/aromatic N) is 4. The van der Waals surface area contributed by atoms with E-state index in [2.05, 4.69) is 10.1 Å². The van der Waals surface area contributed by atoms with E-state index >= 15 is 0 Å². The van der Waals surface area contributed by atoms with E-state index in [1.807, 2.05) is 0 Å². The summed E-state index contributed by atoms with van der Waals surface area (Å²) in [6.45, 7) is -0.184. The molecule has 0 aliphatic heterocycles. The highest BCUT2D eigenvalue weighted by atomic mass is 35.5. The van der Waals surface area contributed by atoms with Gasteiger partial charge in [0.2, 0.25) is 11.7 Å². The Balaban J connectivity index is 1.95. The summed E-state index contributed by atoms with van der Waals surface area (Å²) in [6.07, 6.45) is -4.09. The zero-order valence-electron chi connectivity index (χ0n) is 20.0. The standard InChI is InChI=1S/C24H21ClF4N4O5/c1-3-32-18(11-34)31-33(24(32)35)13-8-12-6-7-30-23(19(12)16(9-13)37-17(10-26)22(28)29)38-21-14(25)4-5-15(36-2)20(21)27/h4-9,17,22,34H,3,10-11H2,1-2H3. The molecule has 2 aromatic heterocycles. The quantitative estimate of drug-likeness (QED) is 0.283. The topological polar surface area (TPSA) is 101 Å². The fraction of sp³-hybridized carbons (Fsp3) is 0.292. The van der Waals surface area contributed by atoms with Crippen molar-refractivity contribution in [1.82, 2.24) is 19.3 Å². The number of ether oxygens (including phenoxy) is 3. The molecule has 202 valence electrons. The van der Waals surface area contributed by atoms with Gasteiger partial charge in [0.15, 0.2) is 23.4 Å². The summed E-state index contributed by atoms with van der Waals surface area (Å²) < 4.78 is 73.4. The number of fused-ring (bicyclic) bond motifs is 1. The molecule has 1 N–H and O–H groups in total. The first-order valence-electron chi connectivity index (χ1n) is 11.2. The van der Waals surface area contributed by atoms with E-state index in [0.717, 1.165) is 4.68 Å². The van der Waals surface area contributed by atoms with Crippen molar-refractivity contribution >= 4 is 22.4 Å². The van der Waals surface area contributed by atoms with Gasteiger partial charge < -0.3 is 19.3 Å². The van der Waals surface area contributed by atoms with Crippen molar-refractivity contribution in [3.63, 3.8) is 0 Å². The number of alkyl halides is 3. The highest BCUT2D eigenvalue weighted by Crippen LogP contribution is 2.41. The van der Waals surface area contributed by atoms with Gasteiger partial charge in [-0.15, -0.1) is 5.10 Å². The third-order valence-electron chi connectivity index (χ3n) is 5.56. The Labute approximate surface area is 217 Å². The summed E-state index contributed by atoms with van der Waals surface area (Å²) in [4.78, 5) is 17.0. The van der Waals surface area contributed by atoms with Crippen LogP contribution in [-0.2, 0) is 13.2 Å². The Morgan fingerprint density at radius 1 is 1.18 bits per heavy atom. The van der Waals surface area contributed by atoms with Crippen molar-refractivity contribution in [3.8, 4) is 28.8 Å². The number of pyridine rings is 1. The van der Waals surface area contributed by atoms with E-state index in [-0.39, 0.29) is 51.2 Å². The van der Waals surface area contributed by atoms with Crippen LogP contribution in [0.2, 0.25) is 5.02 Å². The van der Waals surface area contributed by atoms with Crippen LogP contribution in [0.15, 0.2) is 41.3 Å². The second-order valence-corrected chi connectivity index (χ2v) is 8.22. The zero-order chi connectivity index (χ0) is 27.6. The van der Waals surface area contributed by atoms with Crippen LogP contribution in [-0.4, -0.2) is 50.8 Å². The van der Waals surface area contributed by atoms with Crippen molar-refractivity contribution in [2.45, 2.75) is 32.6 Å². The number of benzene rings is 2. The highest BCUT2D eigenvalue weighted by Gasteiger charge is 2.26. The van der Waals surface area contributed by atoms with Crippen LogP contribution in [0.25, 0.3) is 16.5 Å². The van der Waals surface area contributed by atoms with E-state index in [1.54, 1.807) is 6.92 Å².